The lowest BCUT2D eigenvalue weighted by Gasteiger charge is -2.09. The van der Waals surface area contributed by atoms with Crippen molar-refractivity contribution in [2.24, 2.45) is 5.92 Å². The number of methoxy groups -OCH3 is 2. The Morgan fingerprint density at radius 2 is 1.88 bits per heavy atom. The third kappa shape index (κ3) is 5.24. The van der Waals surface area contributed by atoms with E-state index < -0.39 is 5.91 Å². The van der Waals surface area contributed by atoms with Crippen LogP contribution in [0.2, 0.25) is 0 Å². The maximum atomic E-state index is 11.8. The first kappa shape index (κ1) is 17.7. The first-order valence-electron chi connectivity index (χ1n) is 7.34. The number of ether oxygens (including phenoxy) is 2. The van der Waals surface area contributed by atoms with E-state index in [0.717, 1.165) is 18.4 Å². The van der Waals surface area contributed by atoms with Crippen LogP contribution in [0.1, 0.15) is 18.4 Å². The lowest BCUT2D eigenvalue weighted by molar-refractivity contribution is -0.123. The zero-order valence-corrected chi connectivity index (χ0v) is 14.2. The summed E-state index contributed by atoms with van der Waals surface area (Å²) in [5.41, 5.74) is 5.71. The van der Waals surface area contributed by atoms with Gasteiger partial charge >= 0.3 is 0 Å². The van der Waals surface area contributed by atoms with E-state index in [9.17, 15) is 9.59 Å². The summed E-state index contributed by atoms with van der Waals surface area (Å²) >= 11 is 4.93. The molecular formula is C16H19N3O4S. The fraction of sp³-hybridized carbons (Fsp3) is 0.312. The molecule has 1 aliphatic rings. The molecule has 3 N–H and O–H groups in total. The minimum atomic E-state index is -0.414. The van der Waals surface area contributed by atoms with Gasteiger partial charge in [-0.3, -0.25) is 25.8 Å². The van der Waals surface area contributed by atoms with Gasteiger partial charge in [-0.05, 0) is 48.8 Å². The van der Waals surface area contributed by atoms with Crippen LogP contribution in [0.4, 0.5) is 0 Å². The Labute approximate surface area is 145 Å². The Balaban J connectivity index is 1.83. The number of rotatable bonds is 5. The largest absolute Gasteiger partial charge is 0.493 e. The molecule has 0 heterocycles. The number of hydrogen-bond donors (Lipinski definition) is 3. The number of benzene rings is 1. The van der Waals surface area contributed by atoms with Crippen molar-refractivity contribution in [1.29, 1.82) is 0 Å². The normalized spacial score (nSPS) is 13.2. The molecule has 0 saturated heterocycles. The van der Waals surface area contributed by atoms with Crippen LogP contribution in [-0.4, -0.2) is 31.1 Å². The third-order valence-electron chi connectivity index (χ3n) is 3.32. The fourth-order valence-electron chi connectivity index (χ4n) is 1.88. The van der Waals surface area contributed by atoms with Gasteiger partial charge in [-0.15, -0.1) is 0 Å². The molecule has 2 rings (SSSR count). The highest BCUT2D eigenvalue weighted by atomic mass is 32.1. The highest BCUT2D eigenvalue weighted by Gasteiger charge is 2.29. The molecule has 128 valence electrons. The number of thiocarbonyl (C=S) groups is 1. The second-order valence-electron chi connectivity index (χ2n) is 5.15. The first-order chi connectivity index (χ1) is 11.5. The predicted molar refractivity (Wildman–Crippen MR) is 93.3 cm³/mol. The summed E-state index contributed by atoms with van der Waals surface area (Å²) < 4.78 is 10.3. The van der Waals surface area contributed by atoms with E-state index in [1.807, 2.05) is 0 Å². The van der Waals surface area contributed by atoms with E-state index in [4.69, 9.17) is 21.7 Å². The van der Waals surface area contributed by atoms with Crippen molar-refractivity contribution in [2.45, 2.75) is 12.8 Å². The molecule has 24 heavy (non-hydrogen) atoms. The molecular weight excluding hydrogens is 330 g/mol. The molecule has 1 aromatic rings. The maximum absolute atomic E-state index is 11.8. The van der Waals surface area contributed by atoms with Gasteiger partial charge in [0.2, 0.25) is 11.8 Å². The molecule has 0 bridgehead atoms. The highest BCUT2D eigenvalue weighted by molar-refractivity contribution is 7.80. The monoisotopic (exact) mass is 349 g/mol. The van der Waals surface area contributed by atoms with E-state index in [-0.39, 0.29) is 16.9 Å². The van der Waals surface area contributed by atoms with Gasteiger partial charge in [0.15, 0.2) is 16.6 Å². The van der Waals surface area contributed by atoms with E-state index in [2.05, 4.69) is 16.2 Å². The Morgan fingerprint density at radius 3 is 2.50 bits per heavy atom. The second kappa shape index (κ2) is 8.30. The molecule has 0 radical (unpaired) electrons. The summed E-state index contributed by atoms with van der Waals surface area (Å²) in [5.74, 6) is 0.701. The quantitative estimate of drug-likeness (QED) is 0.420. The Kier molecular flexibility index (Phi) is 6.14. The van der Waals surface area contributed by atoms with Gasteiger partial charge in [-0.25, -0.2) is 0 Å². The molecule has 0 atom stereocenters. The number of carbonyl (C=O) groups is 2. The van der Waals surface area contributed by atoms with Crippen LogP contribution in [0.15, 0.2) is 24.3 Å². The summed E-state index contributed by atoms with van der Waals surface area (Å²) in [6, 6.07) is 5.28. The molecule has 1 fully saturated rings. The Bertz CT molecular complexity index is 671. The minimum Gasteiger partial charge on any atom is -0.493 e. The van der Waals surface area contributed by atoms with Gasteiger partial charge in [0.1, 0.15) is 0 Å². The van der Waals surface area contributed by atoms with Crippen LogP contribution in [-0.2, 0) is 9.59 Å². The number of hydrogen-bond acceptors (Lipinski definition) is 5. The summed E-state index contributed by atoms with van der Waals surface area (Å²) in [6.07, 6.45) is 4.72. The zero-order chi connectivity index (χ0) is 17.5. The molecule has 0 unspecified atom stereocenters. The average molecular weight is 349 g/mol. The Morgan fingerprint density at radius 1 is 1.17 bits per heavy atom. The minimum absolute atomic E-state index is 0.0333. The van der Waals surface area contributed by atoms with E-state index in [1.165, 1.54) is 13.2 Å². The van der Waals surface area contributed by atoms with Gasteiger partial charge < -0.3 is 9.47 Å². The summed E-state index contributed by atoms with van der Waals surface area (Å²) in [7, 11) is 3.09. The molecule has 7 nitrogen and oxygen atoms in total. The first-order valence-corrected chi connectivity index (χ1v) is 7.75. The van der Waals surface area contributed by atoms with E-state index in [0.29, 0.717) is 11.5 Å². The van der Waals surface area contributed by atoms with Crippen molar-refractivity contribution < 1.29 is 19.1 Å². The van der Waals surface area contributed by atoms with Crippen LogP contribution >= 0.6 is 12.2 Å². The lowest BCUT2D eigenvalue weighted by atomic mass is 10.2. The van der Waals surface area contributed by atoms with Gasteiger partial charge in [0, 0.05) is 12.0 Å². The van der Waals surface area contributed by atoms with E-state index in [1.54, 1.807) is 31.4 Å². The number of nitrogens with one attached hydrogen (secondary N) is 3. The van der Waals surface area contributed by atoms with Crippen molar-refractivity contribution in [1.82, 2.24) is 16.2 Å². The smallest absolute Gasteiger partial charge is 0.250 e. The molecule has 1 aliphatic carbocycles. The van der Waals surface area contributed by atoms with Crippen molar-refractivity contribution in [3.63, 3.8) is 0 Å². The van der Waals surface area contributed by atoms with Crippen molar-refractivity contribution in [3.05, 3.63) is 29.8 Å². The van der Waals surface area contributed by atoms with Gasteiger partial charge in [0.05, 0.1) is 14.2 Å². The standard InChI is InChI=1S/C16H19N3O4S/c1-22-12-7-3-10(9-13(12)23-2)4-8-14(20)17-16(24)19-18-15(21)11-5-6-11/h3-4,7-9,11H,5-6H2,1-2H3,(H,18,21)(H2,17,19,20,24). The predicted octanol–water partition coefficient (Wildman–Crippen LogP) is 1.15. The van der Waals surface area contributed by atoms with Gasteiger partial charge in [-0.1, -0.05) is 6.07 Å². The molecule has 1 aromatic carbocycles. The SMILES string of the molecule is COc1ccc(C=CC(=O)NC(=S)NNC(=O)C2CC2)cc1OC. The Hall–Kier alpha value is -2.61. The van der Waals surface area contributed by atoms with Gasteiger partial charge in [-0.2, -0.15) is 0 Å². The van der Waals surface area contributed by atoms with Crippen LogP contribution in [0.25, 0.3) is 6.08 Å². The molecule has 0 aliphatic heterocycles. The summed E-state index contributed by atoms with van der Waals surface area (Å²) in [4.78, 5) is 23.2. The summed E-state index contributed by atoms with van der Waals surface area (Å²) in [5, 5.41) is 2.47. The zero-order valence-electron chi connectivity index (χ0n) is 13.4. The number of amides is 2. The average Bonchev–Trinajstić information content (AvgIpc) is 3.42. The van der Waals surface area contributed by atoms with E-state index >= 15 is 0 Å². The van der Waals surface area contributed by atoms with Crippen molar-refractivity contribution in [2.75, 3.05) is 14.2 Å². The third-order valence-corrected chi connectivity index (χ3v) is 3.52. The number of hydrazine groups is 1. The maximum Gasteiger partial charge on any atom is 0.250 e. The second-order valence-corrected chi connectivity index (χ2v) is 5.56. The van der Waals surface area contributed by atoms with Crippen LogP contribution in [0.3, 0.4) is 0 Å². The summed E-state index contributed by atoms with van der Waals surface area (Å²) in [6.45, 7) is 0. The van der Waals surface area contributed by atoms with Crippen LogP contribution in [0, 0.1) is 5.92 Å². The highest BCUT2D eigenvalue weighted by Crippen LogP contribution is 2.28. The van der Waals surface area contributed by atoms with Crippen LogP contribution in [0.5, 0.6) is 11.5 Å². The molecule has 1 saturated carbocycles. The lowest BCUT2D eigenvalue weighted by Crippen LogP contribution is -2.48. The molecule has 0 spiro atoms. The fourth-order valence-corrected chi connectivity index (χ4v) is 2.03. The van der Waals surface area contributed by atoms with Crippen LogP contribution < -0.4 is 25.6 Å². The molecule has 8 heteroatoms. The topological polar surface area (TPSA) is 88.7 Å². The molecule has 2 amide bonds. The van der Waals surface area contributed by atoms with Crippen molar-refractivity contribution in [3.8, 4) is 11.5 Å². The molecule has 0 aromatic heterocycles. The number of carbonyl (C=O) groups excluding carboxylic acids is 2. The van der Waals surface area contributed by atoms with Crippen molar-refractivity contribution >= 4 is 35.2 Å². The van der Waals surface area contributed by atoms with Gasteiger partial charge in [0.25, 0.3) is 0 Å².